The van der Waals surface area contributed by atoms with Crippen LogP contribution in [0.2, 0.25) is 0 Å². The molecule has 1 fully saturated rings. The maximum atomic E-state index is 13.3. The van der Waals surface area contributed by atoms with Crippen molar-refractivity contribution in [3.8, 4) is 11.1 Å². The number of nitrogens with zero attached hydrogens (tertiary/aromatic N) is 2. The van der Waals surface area contributed by atoms with Crippen LogP contribution in [0, 0.1) is 10.6 Å². The van der Waals surface area contributed by atoms with Gasteiger partial charge in [0.15, 0.2) is 5.65 Å². The highest BCUT2D eigenvalue weighted by Gasteiger charge is 2.25. The van der Waals surface area contributed by atoms with E-state index in [1.165, 1.54) is 16.6 Å². The Morgan fingerprint density at radius 2 is 2.08 bits per heavy atom. The zero-order valence-electron chi connectivity index (χ0n) is 12.7. The summed E-state index contributed by atoms with van der Waals surface area (Å²) in [6, 6.07) is 6.09. The summed E-state index contributed by atoms with van der Waals surface area (Å²) in [6.45, 7) is 0.670. The summed E-state index contributed by atoms with van der Waals surface area (Å²) in [5.41, 5.74) is 2.26. The van der Waals surface area contributed by atoms with E-state index in [0.717, 1.165) is 36.1 Å². The third-order valence-corrected chi connectivity index (χ3v) is 4.39. The van der Waals surface area contributed by atoms with Gasteiger partial charge in [-0.3, -0.25) is 10.1 Å². The van der Waals surface area contributed by atoms with Crippen molar-refractivity contribution in [1.29, 1.82) is 0 Å². The summed E-state index contributed by atoms with van der Waals surface area (Å²) in [7, 11) is 0. The lowest BCUT2D eigenvalue weighted by atomic mass is 9.99. The lowest BCUT2D eigenvalue weighted by molar-refractivity contribution is 0.0125. The van der Waals surface area contributed by atoms with Gasteiger partial charge in [-0.05, 0) is 49.2 Å². The molecule has 0 radical (unpaired) electrons. The molecule has 0 saturated carbocycles. The van der Waals surface area contributed by atoms with E-state index in [4.69, 9.17) is 17.0 Å². The van der Waals surface area contributed by atoms with Crippen molar-refractivity contribution in [3.05, 3.63) is 51.0 Å². The molecule has 1 aromatic carbocycles. The highest BCUT2D eigenvalue weighted by atomic mass is 32.1. The molecule has 3 aromatic rings. The number of rotatable bonds is 2. The third-order valence-electron chi connectivity index (χ3n) is 4.20. The highest BCUT2D eigenvalue weighted by Crippen LogP contribution is 2.36. The van der Waals surface area contributed by atoms with Crippen LogP contribution in [0.5, 0.6) is 0 Å². The number of fused-ring (bicyclic) bond motifs is 1. The van der Waals surface area contributed by atoms with Gasteiger partial charge in [-0.15, -0.1) is 0 Å². The SMILES string of the molecule is O=c1[nH]c(=S)nc2c(-c3ccc(F)cc3)c(C3CCCCO3)[nH]n12. The Labute approximate surface area is 141 Å². The molecule has 1 saturated heterocycles. The molecule has 124 valence electrons. The largest absolute Gasteiger partial charge is 0.372 e. The lowest BCUT2D eigenvalue weighted by Gasteiger charge is -2.22. The van der Waals surface area contributed by atoms with Gasteiger partial charge in [-0.2, -0.15) is 9.50 Å². The van der Waals surface area contributed by atoms with E-state index in [1.54, 1.807) is 12.1 Å². The first kappa shape index (κ1) is 15.2. The Balaban J connectivity index is 2.01. The Kier molecular flexibility index (Phi) is 3.78. The number of aromatic nitrogens is 4. The number of aromatic amines is 2. The van der Waals surface area contributed by atoms with Crippen LogP contribution in [-0.4, -0.2) is 26.2 Å². The number of ether oxygens (including phenoxy) is 1. The van der Waals surface area contributed by atoms with Crippen molar-refractivity contribution >= 4 is 17.9 Å². The van der Waals surface area contributed by atoms with Gasteiger partial charge in [0.1, 0.15) is 5.82 Å². The fourth-order valence-electron chi connectivity index (χ4n) is 3.09. The second-order valence-electron chi connectivity index (χ2n) is 5.77. The first-order chi connectivity index (χ1) is 11.6. The smallest absolute Gasteiger partial charge is 0.348 e. The Morgan fingerprint density at radius 1 is 1.29 bits per heavy atom. The van der Waals surface area contributed by atoms with Crippen molar-refractivity contribution in [2.45, 2.75) is 25.4 Å². The van der Waals surface area contributed by atoms with Crippen molar-refractivity contribution < 1.29 is 9.13 Å². The number of hydrogen-bond acceptors (Lipinski definition) is 4. The number of nitrogens with one attached hydrogen (secondary N) is 2. The first-order valence-corrected chi connectivity index (χ1v) is 8.17. The van der Waals surface area contributed by atoms with E-state index in [-0.39, 0.29) is 16.7 Å². The molecular formula is C16H15FN4O2S. The molecule has 3 heterocycles. The Bertz CT molecular complexity index is 1000. The van der Waals surface area contributed by atoms with Crippen LogP contribution in [0.15, 0.2) is 29.1 Å². The monoisotopic (exact) mass is 346 g/mol. The molecule has 6 nitrogen and oxygen atoms in total. The molecule has 0 amide bonds. The van der Waals surface area contributed by atoms with Gasteiger partial charge in [0.25, 0.3) is 0 Å². The van der Waals surface area contributed by atoms with Crippen LogP contribution in [0.1, 0.15) is 31.1 Å². The predicted octanol–water partition coefficient (Wildman–Crippen LogP) is 3.13. The molecule has 0 spiro atoms. The van der Waals surface area contributed by atoms with E-state index in [0.29, 0.717) is 12.3 Å². The number of halogens is 1. The molecule has 4 rings (SSSR count). The Morgan fingerprint density at radius 3 is 2.79 bits per heavy atom. The van der Waals surface area contributed by atoms with Gasteiger partial charge in [0.05, 0.1) is 17.4 Å². The zero-order valence-corrected chi connectivity index (χ0v) is 13.5. The predicted molar refractivity (Wildman–Crippen MR) is 88.9 cm³/mol. The molecule has 2 aromatic heterocycles. The van der Waals surface area contributed by atoms with Crippen LogP contribution in [0.25, 0.3) is 16.8 Å². The normalized spacial score (nSPS) is 18.1. The van der Waals surface area contributed by atoms with Gasteiger partial charge in [-0.25, -0.2) is 9.18 Å². The zero-order chi connectivity index (χ0) is 16.7. The fourth-order valence-corrected chi connectivity index (χ4v) is 3.26. The topological polar surface area (TPSA) is 75.2 Å². The van der Waals surface area contributed by atoms with Crippen molar-refractivity contribution in [3.63, 3.8) is 0 Å². The van der Waals surface area contributed by atoms with Gasteiger partial charge in [0, 0.05) is 6.61 Å². The van der Waals surface area contributed by atoms with Gasteiger partial charge < -0.3 is 4.74 Å². The summed E-state index contributed by atoms with van der Waals surface area (Å²) < 4.78 is 20.6. The highest BCUT2D eigenvalue weighted by molar-refractivity contribution is 7.71. The fraction of sp³-hybridized carbons (Fsp3) is 0.312. The quantitative estimate of drug-likeness (QED) is 0.699. The van der Waals surface area contributed by atoms with Gasteiger partial charge >= 0.3 is 5.69 Å². The van der Waals surface area contributed by atoms with Crippen LogP contribution in [0.4, 0.5) is 4.39 Å². The average Bonchev–Trinajstić information content (AvgIpc) is 2.96. The lowest BCUT2D eigenvalue weighted by Crippen LogP contribution is -2.19. The van der Waals surface area contributed by atoms with Crippen LogP contribution in [-0.2, 0) is 4.74 Å². The molecular weight excluding hydrogens is 331 g/mol. The molecule has 1 aliphatic heterocycles. The van der Waals surface area contributed by atoms with Crippen LogP contribution >= 0.6 is 12.2 Å². The number of hydrogen-bond donors (Lipinski definition) is 2. The van der Waals surface area contributed by atoms with Gasteiger partial charge in [0.2, 0.25) is 4.77 Å². The summed E-state index contributed by atoms with van der Waals surface area (Å²) in [6.07, 6.45) is 2.75. The minimum atomic E-state index is -0.393. The summed E-state index contributed by atoms with van der Waals surface area (Å²) in [5.74, 6) is -0.323. The molecule has 1 aliphatic rings. The molecule has 1 unspecified atom stereocenters. The summed E-state index contributed by atoms with van der Waals surface area (Å²) in [5, 5.41) is 3.09. The third kappa shape index (κ3) is 2.57. The van der Waals surface area contributed by atoms with E-state index in [1.807, 2.05) is 0 Å². The Hall–Kier alpha value is -2.32. The number of benzene rings is 1. The molecule has 24 heavy (non-hydrogen) atoms. The molecule has 8 heteroatoms. The average molecular weight is 346 g/mol. The second-order valence-corrected chi connectivity index (χ2v) is 6.16. The maximum Gasteiger partial charge on any atom is 0.348 e. The van der Waals surface area contributed by atoms with E-state index >= 15 is 0 Å². The maximum absolute atomic E-state index is 13.3. The molecule has 1 atom stereocenters. The van der Waals surface area contributed by atoms with Crippen molar-refractivity contribution in [2.75, 3.05) is 6.61 Å². The van der Waals surface area contributed by atoms with Crippen molar-refractivity contribution in [1.82, 2.24) is 19.6 Å². The second kappa shape index (κ2) is 5.95. The first-order valence-electron chi connectivity index (χ1n) is 7.76. The summed E-state index contributed by atoms with van der Waals surface area (Å²) >= 11 is 5.04. The van der Waals surface area contributed by atoms with E-state index in [2.05, 4.69) is 15.1 Å². The van der Waals surface area contributed by atoms with Crippen molar-refractivity contribution in [2.24, 2.45) is 0 Å². The minimum Gasteiger partial charge on any atom is -0.372 e. The van der Waals surface area contributed by atoms with E-state index < -0.39 is 5.69 Å². The van der Waals surface area contributed by atoms with Gasteiger partial charge in [-0.1, -0.05) is 12.1 Å². The standard InChI is InChI=1S/C16H15FN4O2S/c17-10-6-4-9(5-7-10)12-13(11-3-1-2-8-23-11)20-21-14(12)18-15(24)19-16(21)22/h4-7,11,20H,1-3,8H2,(H,19,22,24). The molecule has 0 bridgehead atoms. The molecule has 2 N–H and O–H groups in total. The number of H-pyrrole nitrogens is 2. The van der Waals surface area contributed by atoms with Crippen LogP contribution in [0.3, 0.4) is 0 Å². The minimum absolute atomic E-state index is 0.110. The summed E-state index contributed by atoms with van der Waals surface area (Å²) in [4.78, 5) is 19.0. The van der Waals surface area contributed by atoms with Crippen LogP contribution < -0.4 is 5.69 Å². The van der Waals surface area contributed by atoms with E-state index in [9.17, 15) is 9.18 Å². The molecule has 0 aliphatic carbocycles.